The monoisotopic (exact) mass is 251 g/mol. The van der Waals surface area contributed by atoms with E-state index in [9.17, 15) is 9.90 Å². The average Bonchev–Trinajstić information content (AvgIpc) is 2.40. The van der Waals surface area contributed by atoms with E-state index in [1.807, 2.05) is 17.0 Å². The third kappa shape index (κ3) is 2.63. The summed E-state index contributed by atoms with van der Waals surface area (Å²) in [5.74, 6) is -0.252. The first-order chi connectivity index (χ1) is 8.74. The van der Waals surface area contributed by atoms with Crippen molar-refractivity contribution in [3.63, 3.8) is 0 Å². The Balaban J connectivity index is 2.31. The number of para-hydroxylation sites is 1. The summed E-state index contributed by atoms with van der Waals surface area (Å²) in [7, 11) is 1.55. The number of methoxy groups -OCH3 is 1. The van der Waals surface area contributed by atoms with Crippen LogP contribution in [0.2, 0.25) is 0 Å². The second-order valence-corrected chi connectivity index (χ2v) is 4.13. The van der Waals surface area contributed by atoms with Gasteiger partial charge in [-0.2, -0.15) is 0 Å². The number of carboxylic acids is 1. The second-order valence-electron chi connectivity index (χ2n) is 4.13. The zero-order chi connectivity index (χ0) is 13.0. The van der Waals surface area contributed by atoms with E-state index in [-0.39, 0.29) is 0 Å². The number of hydrogen-bond acceptors (Lipinski definition) is 4. The van der Waals surface area contributed by atoms with Crippen molar-refractivity contribution in [3.8, 4) is 5.75 Å². The molecule has 5 heteroatoms. The summed E-state index contributed by atoms with van der Waals surface area (Å²) in [6, 6.07) is 6.57. The number of aliphatic carboxylic acids is 1. The van der Waals surface area contributed by atoms with Gasteiger partial charge in [0, 0.05) is 18.7 Å². The fourth-order valence-corrected chi connectivity index (χ4v) is 2.21. The summed E-state index contributed by atoms with van der Waals surface area (Å²) in [5, 5.41) is 9.46. The number of carboxylic acid groups (broad SMARTS) is 1. The summed E-state index contributed by atoms with van der Waals surface area (Å²) in [6.45, 7) is 2.38. The lowest BCUT2D eigenvalue weighted by atomic mass is 10.0. The van der Waals surface area contributed by atoms with Crippen LogP contribution in [0.4, 0.5) is 0 Å². The van der Waals surface area contributed by atoms with Gasteiger partial charge in [0.2, 0.25) is 0 Å². The van der Waals surface area contributed by atoms with Crippen LogP contribution in [0.5, 0.6) is 5.75 Å². The van der Waals surface area contributed by atoms with E-state index >= 15 is 0 Å². The van der Waals surface area contributed by atoms with Gasteiger partial charge in [-0.15, -0.1) is 0 Å². The van der Waals surface area contributed by atoms with Gasteiger partial charge >= 0.3 is 5.97 Å². The molecule has 0 aliphatic carbocycles. The largest absolute Gasteiger partial charge is 0.496 e. The van der Waals surface area contributed by atoms with Gasteiger partial charge in [-0.1, -0.05) is 18.2 Å². The number of carbonyl (C=O) groups is 1. The van der Waals surface area contributed by atoms with Gasteiger partial charge in [0.05, 0.1) is 20.3 Å². The second kappa shape index (κ2) is 5.84. The maximum Gasteiger partial charge on any atom is 0.325 e. The zero-order valence-electron chi connectivity index (χ0n) is 10.3. The predicted molar refractivity (Wildman–Crippen MR) is 65.8 cm³/mol. The van der Waals surface area contributed by atoms with Crippen LogP contribution in [-0.4, -0.2) is 49.4 Å². The third-order valence-corrected chi connectivity index (χ3v) is 3.08. The Kier molecular flexibility index (Phi) is 4.17. The van der Waals surface area contributed by atoms with Crippen LogP contribution in [0.3, 0.4) is 0 Å². The Morgan fingerprint density at radius 3 is 2.67 bits per heavy atom. The van der Waals surface area contributed by atoms with E-state index in [1.165, 1.54) is 0 Å². The molecule has 98 valence electrons. The van der Waals surface area contributed by atoms with Crippen LogP contribution >= 0.6 is 0 Å². The van der Waals surface area contributed by atoms with Gasteiger partial charge in [0.25, 0.3) is 0 Å². The molecule has 0 spiro atoms. The maximum absolute atomic E-state index is 11.5. The highest BCUT2D eigenvalue weighted by Gasteiger charge is 2.30. The molecule has 18 heavy (non-hydrogen) atoms. The molecule has 0 unspecified atom stereocenters. The molecule has 0 amide bonds. The molecular weight excluding hydrogens is 234 g/mol. The summed E-state index contributed by atoms with van der Waals surface area (Å²) in [6.07, 6.45) is 0. The lowest BCUT2D eigenvalue weighted by Crippen LogP contribution is -2.42. The van der Waals surface area contributed by atoms with E-state index in [0.717, 1.165) is 0 Å². The third-order valence-electron chi connectivity index (χ3n) is 3.08. The van der Waals surface area contributed by atoms with E-state index < -0.39 is 12.0 Å². The number of benzene rings is 1. The fraction of sp³-hybridized carbons (Fsp3) is 0.462. The van der Waals surface area contributed by atoms with Crippen molar-refractivity contribution in [2.75, 3.05) is 33.4 Å². The molecule has 2 rings (SSSR count). The van der Waals surface area contributed by atoms with E-state index in [2.05, 4.69) is 0 Å². The average molecular weight is 251 g/mol. The predicted octanol–water partition coefficient (Wildman–Crippen LogP) is 1.15. The molecule has 0 saturated carbocycles. The first-order valence-corrected chi connectivity index (χ1v) is 5.91. The molecule has 0 bridgehead atoms. The molecular formula is C13H17NO4. The van der Waals surface area contributed by atoms with Crippen molar-refractivity contribution in [1.82, 2.24) is 4.90 Å². The lowest BCUT2D eigenvalue weighted by Gasteiger charge is -2.32. The number of hydrogen-bond donors (Lipinski definition) is 1. The van der Waals surface area contributed by atoms with E-state index in [1.54, 1.807) is 19.2 Å². The molecule has 0 aromatic heterocycles. The SMILES string of the molecule is COc1ccccc1[C@@H](C(=O)O)N1CCOCC1. The van der Waals surface area contributed by atoms with Crippen molar-refractivity contribution in [2.45, 2.75) is 6.04 Å². The molecule has 5 nitrogen and oxygen atoms in total. The van der Waals surface area contributed by atoms with Gasteiger partial charge in [0.1, 0.15) is 11.8 Å². The number of rotatable bonds is 4. The van der Waals surface area contributed by atoms with Crippen molar-refractivity contribution < 1.29 is 19.4 Å². The Bertz CT molecular complexity index is 415. The van der Waals surface area contributed by atoms with Crippen LogP contribution in [0.1, 0.15) is 11.6 Å². The minimum Gasteiger partial charge on any atom is -0.496 e. The highest BCUT2D eigenvalue weighted by Crippen LogP contribution is 2.29. The van der Waals surface area contributed by atoms with Crippen LogP contribution in [0, 0.1) is 0 Å². The van der Waals surface area contributed by atoms with Gasteiger partial charge in [-0.25, -0.2) is 0 Å². The molecule has 1 aromatic rings. The quantitative estimate of drug-likeness (QED) is 0.870. The Labute approximate surface area is 106 Å². The Morgan fingerprint density at radius 1 is 1.39 bits per heavy atom. The zero-order valence-corrected chi connectivity index (χ0v) is 10.3. The number of morpholine rings is 1. The lowest BCUT2D eigenvalue weighted by molar-refractivity contribution is -0.145. The van der Waals surface area contributed by atoms with Crippen molar-refractivity contribution in [3.05, 3.63) is 29.8 Å². The maximum atomic E-state index is 11.5. The van der Waals surface area contributed by atoms with Gasteiger partial charge in [-0.05, 0) is 6.07 Å². The number of nitrogens with zero attached hydrogens (tertiary/aromatic N) is 1. The Hall–Kier alpha value is -1.59. The molecule has 1 aliphatic heterocycles. The molecule has 1 heterocycles. The first-order valence-electron chi connectivity index (χ1n) is 5.91. The summed E-state index contributed by atoms with van der Waals surface area (Å²) >= 11 is 0. The van der Waals surface area contributed by atoms with Crippen molar-refractivity contribution in [1.29, 1.82) is 0 Å². The van der Waals surface area contributed by atoms with Gasteiger partial charge < -0.3 is 14.6 Å². The fourth-order valence-electron chi connectivity index (χ4n) is 2.21. The molecule has 0 radical (unpaired) electrons. The summed E-state index contributed by atoms with van der Waals surface area (Å²) in [4.78, 5) is 13.4. The molecule has 1 N–H and O–H groups in total. The number of ether oxygens (including phenoxy) is 2. The van der Waals surface area contributed by atoms with E-state index in [0.29, 0.717) is 37.6 Å². The van der Waals surface area contributed by atoms with E-state index in [4.69, 9.17) is 9.47 Å². The molecule has 1 atom stereocenters. The van der Waals surface area contributed by atoms with Crippen LogP contribution < -0.4 is 4.74 Å². The Morgan fingerprint density at radius 2 is 2.06 bits per heavy atom. The highest BCUT2D eigenvalue weighted by atomic mass is 16.5. The minimum absolute atomic E-state index is 0.568. The van der Waals surface area contributed by atoms with Crippen LogP contribution in [0.15, 0.2) is 24.3 Å². The summed E-state index contributed by atoms with van der Waals surface area (Å²) in [5.41, 5.74) is 0.689. The van der Waals surface area contributed by atoms with Gasteiger partial charge in [0.15, 0.2) is 0 Å². The highest BCUT2D eigenvalue weighted by molar-refractivity contribution is 5.76. The standard InChI is InChI=1S/C13H17NO4/c1-17-11-5-3-2-4-10(11)12(13(15)16)14-6-8-18-9-7-14/h2-5,12H,6-9H2,1H3,(H,15,16)/t12-/m0/s1. The molecule has 1 saturated heterocycles. The molecule has 1 fully saturated rings. The summed E-state index contributed by atoms with van der Waals surface area (Å²) < 4.78 is 10.5. The first kappa shape index (κ1) is 12.9. The van der Waals surface area contributed by atoms with Crippen LogP contribution in [0.25, 0.3) is 0 Å². The van der Waals surface area contributed by atoms with Crippen LogP contribution in [-0.2, 0) is 9.53 Å². The smallest absolute Gasteiger partial charge is 0.325 e. The minimum atomic E-state index is -0.860. The van der Waals surface area contributed by atoms with Crippen molar-refractivity contribution in [2.24, 2.45) is 0 Å². The molecule has 1 aliphatic rings. The molecule has 1 aromatic carbocycles. The normalized spacial score (nSPS) is 18.3. The van der Waals surface area contributed by atoms with Gasteiger partial charge in [-0.3, -0.25) is 9.69 Å². The van der Waals surface area contributed by atoms with Crippen molar-refractivity contribution >= 4 is 5.97 Å². The topological polar surface area (TPSA) is 59.0 Å².